The summed E-state index contributed by atoms with van der Waals surface area (Å²) < 4.78 is 37.6. The molecule has 0 radical (unpaired) electrons. The molecule has 4 aliphatic rings. The van der Waals surface area contributed by atoms with Crippen molar-refractivity contribution in [3.63, 3.8) is 0 Å². The maximum Gasteiger partial charge on any atom is 0.331 e. The van der Waals surface area contributed by atoms with E-state index in [1.807, 2.05) is 0 Å². The third-order valence-electron chi connectivity index (χ3n) is 5.56. The molecule has 0 spiro atoms. The van der Waals surface area contributed by atoms with Crippen molar-refractivity contribution in [3.05, 3.63) is 24.3 Å². The minimum atomic E-state index is -0.803. The van der Waals surface area contributed by atoms with Gasteiger partial charge in [-0.15, -0.1) is 0 Å². The molecule has 0 aromatic carbocycles. The Hall–Kier alpha value is -2.64. The zero-order valence-electron chi connectivity index (χ0n) is 17.7. The lowest BCUT2D eigenvalue weighted by Gasteiger charge is -2.16. The van der Waals surface area contributed by atoms with Gasteiger partial charge in [0, 0.05) is 18.2 Å². The Bertz CT molecular complexity index is 850. The van der Waals surface area contributed by atoms with Crippen LogP contribution in [-0.4, -0.2) is 104 Å². The Morgan fingerprint density at radius 3 is 1.45 bits per heavy atom. The lowest BCUT2D eigenvalue weighted by molar-refractivity contribution is -0.151. The molecule has 1 N–H and O–H groups in total. The second kappa shape index (κ2) is 10.1. The normalized spacial score (nSPS) is 37.3. The summed E-state index contributed by atoms with van der Waals surface area (Å²) >= 11 is 0. The van der Waals surface area contributed by atoms with Gasteiger partial charge in [0.05, 0.1) is 26.4 Å². The molecule has 4 saturated heterocycles. The van der Waals surface area contributed by atoms with E-state index in [1.165, 1.54) is 6.92 Å². The van der Waals surface area contributed by atoms with Crippen molar-refractivity contribution in [2.75, 3.05) is 26.4 Å². The van der Waals surface area contributed by atoms with E-state index in [1.54, 1.807) is 0 Å². The van der Waals surface area contributed by atoms with Crippen molar-refractivity contribution in [3.8, 4) is 0 Å². The van der Waals surface area contributed by atoms with E-state index < -0.39 is 66.7 Å². The van der Waals surface area contributed by atoms with Crippen LogP contribution in [0, 0.1) is 0 Å². The number of esters is 3. The van der Waals surface area contributed by atoms with Gasteiger partial charge in [-0.1, -0.05) is 0 Å². The highest BCUT2D eigenvalue weighted by Gasteiger charge is 2.51. The average Bonchev–Trinajstić information content (AvgIpc) is 3.52. The Kier molecular flexibility index (Phi) is 7.20. The van der Waals surface area contributed by atoms with Gasteiger partial charge < -0.3 is 38.3 Å². The topological polar surface area (TPSA) is 153 Å². The quantitative estimate of drug-likeness (QED) is 0.259. The summed E-state index contributed by atoms with van der Waals surface area (Å²) in [7, 11) is 0. The molecule has 4 fully saturated rings. The molecule has 0 saturated carbocycles. The number of carbonyl (C=O) groups is 4. The molecule has 33 heavy (non-hydrogen) atoms. The Morgan fingerprint density at radius 1 is 0.636 bits per heavy atom. The zero-order valence-corrected chi connectivity index (χ0v) is 17.7. The predicted molar refractivity (Wildman–Crippen MR) is 104 cm³/mol. The lowest BCUT2D eigenvalue weighted by Crippen LogP contribution is -2.35. The van der Waals surface area contributed by atoms with E-state index in [0.717, 1.165) is 24.3 Å². The number of carbonyl (C=O) groups excluding carboxylic acids is 4. The molecule has 180 valence electrons. The molecule has 4 rings (SSSR count). The molecule has 12 nitrogen and oxygen atoms in total. The van der Waals surface area contributed by atoms with E-state index in [2.05, 4.69) is 0 Å². The first-order chi connectivity index (χ1) is 15.8. The molecule has 0 aromatic heterocycles. The molecule has 0 amide bonds. The Balaban J connectivity index is 1.22. The second-order valence-corrected chi connectivity index (χ2v) is 7.96. The first-order valence-corrected chi connectivity index (χ1v) is 10.4. The van der Waals surface area contributed by atoms with Crippen LogP contribution in [0.3, 0.4) is 0 Å². The summed E-state index contributed by atoms with van der Waals surface area (Å²) in [6, 6.07) is 0. The van der Waals surface area contributed by atoms with Crippen molar-refractivity contribution in [1.29, 1.82) is 0 Å². The van der Waals surface area contributed by atoms with E-state index in [4.69, 9.17) is 33.2 Å². The van der Waals surface area contributed by atoms with Crippen molar-refractivity contribution >= 4 is 23.7 Å². The fraction of sp³-hybridized carbons (Fsp3) is 0.619. The van der Waals surface area contributed by atoms with Gasteiger partial charge in [0.25, 0.3) is 0 Å². The molecule has 0 aliphatic carbocycles. The highest BCUT2D eigenvalue weighted by Crippen LogP contribution is 2.31. The molecular formula is C21H24O12. The van der Waals surface area contributed by atoms with Crippen LogP contribution in [0.5, 0.6) is 0 Å². The first-order valence-electron chi connectivity index (χ1n) is 10.4. The van der Waals surface area contributed by atoms with Crippen LogP contribution in [0.25, 0.3) is 0 Å². The van der Waals surface area contributed by atoms with Crippen LogP contribution in [0.1, 0.15) is 6.92 Å². The number of ketones is 1. The van der Waals surface area contributed by atoms with Gasteiger partial charge in [0.1, 0.15) is 30.5 Å². The van der Waals surface area contributed by atoms with Gasteiger partial charge in [-0.2, -0.15) is 0 Å². The molecule has 0 bridgehead atoms. The molecule has 4 aliphatic heterocycles. The minimum absolute atomic E-state index is 0.0266. The molecule has 12 heteroatoms. The third kappa shape index (κ3) is 5.47. The summed E-state index contributed by atoms with van der Waals surface area (Å²) in [4.78, 5) is 46.8. The number of rotatable bonds is 7. The fourth-order valence-electron chi connectivity index (χ4n) is 4.06. The van der Waals surface area contributed by atoms with E-state index in [9.17, 15) is 24.3 Å². The molecular weight excluding hydrogens is 444 g/mol. The summed E-state index contributed by atoms with van der Waals surface area (Å²) in [5.74, 6) is -2.58. The van der Waals surface area contributed by atoms with Crippen LogP contribution in [0.15, 0.2) is 24.3 Å². The van der Waals surface area contributed by atoms with Gasteiger partial charge in [-0.25, -0.2) is 14.4 Å². The van der Waals surface area contributed by atoms with Crippen LogP contribution >= 0.6 is 0 Å². The van der Waals surface area contributed by atoms with Gasteiger partial charge in [0.2, 0.25) is 0 Å². The second-order valence-electron chi connectivity index (χ2n) is 7.96. The highest BCUT2D eigenvalue weighted by molar-refractivity contribution is 5.94. The van der Waals surface area contributed by atoms with Crippen LogP contribution < -0.4 is 0 Å². The summed E-state index contributed by atoms with van der Waals surface area (Å²) in [6.45, 7) is 1.58. The summed E-state index contributed by atoms with van der Waals surface area (Å²) in [5.41, 5.74) is 0. The number of hydrogen-bond acceptors (Lipinski definition) is 12. The van der Waals surface area contributed by atoms with Gasteiger partial charge in [-0.3, -0.25) is 4.79 Å². The van der Waals surface area contributed by atoms with Crippen LogP contribution in [-0.2, 0) is 52.3 Å². The maximum absolute atomic E-state index is 12.1. The van der Waals surface area contributed by atoms with Crippen molar-refractivity contribution < 1.29 is 57.4 Å². The number of ether oxygens (including phenoxy) is 7. The highest BCUT2D eigenvalue weighted by atomic mass is 16.7. The number of fused-ring (bicyclic) bond motifs is 2. The monoisotopic (exact) mass is 468 g/mol. The number of aliphatic hydroxyl groups excluding tert-OH is 1. The van der Waals surface area contributed by atoms with Gasteiger partial charge >= 0.3 is 17.9 Å². The average molecular weight is 468 g/mol. The number of hydrogen-bond donors (Lipinski definition) is 1. The smallest absolute Gasteiger partial charge is 0.331 e. The minimum Gasteiger partial charge on any atom is -0.454 e. The van der Waals surface area contributed by atoms with Crippen molar-refractivity contribution in [2.45, 2.75) is 55.8 Å². The van der Waals surface area contributed by atoms with E-state index >= 15 is 0 Å². The zero-order chi connectivity index (χ0) is 23.5. The van der Waals surface area contributed by atoms with Gasteiger partial charge in [-0.05, 0) is 13.0 Å². The Labute approximate surface area is 188 Å². The summed E-state index contributed by atoms with van der Waals surface area (Å²) in [5, 5.41) is 9.71. The largest absolute Gasteiger partial charge is 0.454 e. The maximum atomic E-state index is 12.1. The SMILES string of the molecule is CC(=O)/C=C/C(=O)O[C@@H]1CO[C@H]2[C@@H]1OC[C@H]2OC(=O)/C=C/C(=O)O[C@H]1CO[C@H]2[C@@H]1OC[C@H]2O. The standard InChI is InChI=1S/C21H24O12/c1-10(22)2-3-15(24)32-13-8-29-21-14(9-30-20(13)21)33-17(26)5-4-16(25)31-12-7-28-18-11(23)6-27-19(12)18/h2-5,11-14,18-21,23H,6-9H2,1H3/b3-2+,5-4+/t11-,12+,13-,14-,18-,19-,20-,21-/m1/s1. The summed E-state index contributed by atoms with van der Waals surface area (Å²) in [6.07, 6.45) is -1.28. The fourth-order valence-corrected chi connectivity index (χ4v) is 4.06. The van der Waals surface area contributed by atoms with Crippen molar-refractivity contribution in [1.82, 2.24) is 0 Å². The van der Waals surface area contributed by atoms with E-state index in [-0.39, 0.29) is 32.2 Å². The molecule has 8 atom stereocenters. The van der Waals surface area contributed by atoms with Crippen LogP contribution in [0.2, 0.25) is 0 Å². The molecule has 0 unspecified atom stereocenters. The van der Waals surface area contributed by atoms with E-state index in [0.29, 0.717) is 0 Å². The lowest BCUT2D eigenvalue weighted by atomic mass is 10.1. The van der Waals surface area contributed by atoms with Crippen LogP contribution in [0.4, 0.5) is 0 Å². The Morgan fingerprint density at radius 2 is 1.00 bits per heavy atom. The number of aliphatic hydroxyl groups is 1. The van der Waals surface area contributed by atoms with Gasteiger partial charge in [0.15, 0.2) is 24.1 Å². The predicted octanol–water partition coefficient (Wildman–Crippen LogP) is -1.62. The third-order valence-corrected chi connectivity index (χ3v) is 5.56. The molecule has 4 heterocycles. The molecule has 0 aromatic rings. The van der Waals surface area contributed by atoms with Crippen molar-refractivity contribution in [2.24, 2.45) is 0 Å². The first kappa shape index (κ1) is 23.5. The number of allylic oxidation sites excluding steroid dienone is 1.